The van der Waals surface area contributed by atoms with E-state index in [1.54, 1.807) is 6.92 Å². The second kappa shape index (κ2) is 4.62. The maximum atomic E-state index is 11.3. The van der Waals surface area contributed by atoms with E-state index in [2.05, 4.69) is 18.6 Å². The van der Waals surface area contributed by atoms with Gasteiger partial charge in [0, 0.05) is 6.04 Å². The van der Waals surface area contributed by atoms with Gasteiger partial charge in [0.2, 0.25) is 10.0 Å². The van der Waals surface area contributed by atoms with E-state index in [0.717, 1.165) is 19.3 Å². The Morgan fingerprint density at radius 3 is 2.43 bits per heavy atom. The van der Waals surface area contributed by atoms with E-state index in [4.69, 9.17) is 0 Å². The van der Waals surface area contributed by atoms with E-state index in [0.29, 0.717) is 11.8 Å². The third-order valence-corrected chi connectivity index (χ3v) is 4.59. The summed E-state index contributed by atoms with van der Waals surface area (Å²) in [6, 6.07) is 0.187. The normalized spacial score (nSPS) is 28.6. The molecule has 2 atom stereocenters. The highest BCUT2D eigenvalue weighted by molar-refractivity contribution is 7.89. The molecule has 4 heteroatoms. The van der Waals surface area contributed by atoms with Gasteiger partial charge in [0.1, 0.15) is 0 Å². The summed E-state index contributed by atoms with van der Waals surface area (Å²) in [6.07, 6.45) is 3.17. The zero-order chi connectivity index (χ0) is 10.8. The standard InChI is InChI=1S/C10H21NO2S/c1-4-14(12,13)11-10-6-5-9(7-10)8(2)3/h8-11H,4-7H2,1-3H3. The first-order valence-corrected chi connectivity index (χ1v) is 7.10. The first-order chi connectivity index (χ1) is 6.44. The Hall–Kier alpha value is -0.0900. The fourth-order valence-corrected chi connectivity index (χ4v) is 2.95. The predicted molar refractivity (Wildman–Crippen MR) is 58.6 cm³/mol. The third-order valence-electron chi connectivity index (χ3n) is 3.14. The van der Waals surface area contributed by atoms with Crippen LogP contribution in [0.2, 0.25) is 0 Å². The topological polar surface area (TPSA) is 46.2 Å². The molecule has 1 rings (SSSR count). The molecule has 1 aliphatic rings. The Labute approximate surface area is 87.3 Å². The fraction of sp³-hybridized carbons (Fsp3) is 1.00. The molecule has 84 valence electrons. The van der Waals surface area contributed by atoms with Crippen molar-refractivity contribution < 1.29 is 8.42 Å². The van der Waals surface area contributed by atoms with E-state index < -0.39 is 10.0 Å². The zero-order valence-corrected chi connectivity index (χ0v) is 10.1. The predicted octanol–water partition coefficient (Wildman–Crippen LogP) is 1.75. The van der Waals surface area contributed by atoms with Gasteiger partial charge in [-0.25, -0.2) is 13.1 Å². The van der Waals surface area contributed by atoms with E-state index in [1.165, 1.54) is 0 Å². The van der Waals surface area contributed by atoms with Crippen LogP contribution in [0, 0.1) is 11.8 Å². The lowest BCUT2D eigenvalue weighted by molar-refractivity contribution is 0.388. The molecule has 0 saturated heterocycles. The number of nitrogens with one attached hydrogen (secondary N) is 1. The number of sulfonamides is 1. The van der Waals surface area contributed by atoms with Gasteiger partial charge in [-0.3, -0.25) is 0 Å². The Morgan fingerprint density at radius 2 is 2.00 bits per heavy atom. The van der Waals surface area contributed by atoms with Crippen LogP contribution in [-0.2, 0) is 10.0 Å². The third kappa shape index (κ3) is 3.24. The molecule has 0 aliphatic heterocycles. The van der Waals surface area contributed by atoms with Gasteiger partial charge in [0.15, 0.2) is 0 Å². The minimum Gasteiger partial charge on any atom is -0.212 e. The maximum absolute atomic E-state index is 11.3. The quantitative estimate of drug-likeness (QED) is 0.783. The van der Waals surface area contributed by atoms with Crippen LogP contribution in [0.5, 0.6) is 0 Å². The summed E-state index contributed by atoms with van der Waals surface area (Å²) in [5.41, 5.74) is 0. The van der Waals surface area contributed by atoms with Gasteiger partial charge in [-0.1, -0.05) is 13.8 Å². The molecule has 2 unspecified atom stereocenters. The van der Waals surface area contributed by atoms with E-state index in [-0.39, 0.29) is 11.8 Å². The zero-order valence-electron chi connectivity index (χ0n) is 9.29. The second-order valence-corrected chi connectivity index (χ2v) is 6.58. The van der Waals surface area contributed by atoms with Crippen molar-refractivity contribution in [3.05, 3.63) is 0 Å². The lowest BCUT2D eigenvalue weighted by Crippen LogP contribution is -2.34. The molecule has 14 heavy (non-hydrogen) atoms. The molecule has 1 saturated carbocycles. The molecular formula is C10H21NO2S. The summed E-state index contributed by atoms with van der Waals surface area (Å²) in [5, 5.41) is 0. The van der Waals surface area contributed by atoms with Crippen molar-refractivity contribution >= 4 is 10.0 Å². The summed E-state index contributed by atoms with van der Waals surface area (Å²) in [6.45, 7) is 6.10. The van der Waals surface area contributed by atoms with E-state index in [9.17, 15) is 8.42 Å². The maximum Gasteiger partial charge on any atom is 0.211 e. The SMILES string of the molecule is CCS(=O)(=O)NC1CCC(C(C)C)C1. The Balaban J connectivity index is 2.44. The lowest BCUT2D eigenvalue weighted by atomic mass is 9.94. The Kier molecular flexibility index (Phi) is 3.95. The molecule has 0 amide bonds. The summed E-state index contributed by atoms with van der Waals surface area (Å²) in [4.78, 5) is 0. The van der Waals surface area contributed by atoms with Crippen molar-refractivity contribution in [3.8, 4) is 0 Å². The van der Waals surface area contributed by atoms with Gasteiger partial charge in [-0.05, 0) is 38.0 Å². The number of hydrogen-bond acceptors (Lipinski definition) is 2. The van der Waals surface area contributed by atoms with Gasteiger partial charge in [0.05, 0.1) is 5.75 Å². The molecule has 0 aromatic heterocycles. The van der Waals surface area contributed by atoms with Crippen LogP contribution >= 0.6 is 0 Å². The largest absolute Gasteiger partial charge is 0.212 e. The molecule has 0 heterocycles. The van der Waals surface area contributed by atoms with Crippen LogP contribution in [0.3, 0.4) is 0 Å². The van der Waals surface area contributed by atoms with Crippen molar-refractivity contribution in [3.63, 3.8) is 0 Å². The molecule has 0 spiro atoms. The fourth-order valence-electron chi connectivity index (χ4n) is 2.07. The van der Waals surface area contributed by atoms with Gasteiger partial charge in [0.25, 0.3) is 0 Å². The van der Waals surface area contributed by atoms with Crippen LogP contribution in [0.15, 0.2) is 0 Å². The summed E-state index contributed by atoms with van der Waals surface area (Å²) in [7, 11) is -3.00. The van der Waals surface area contributed by atoms with E-state index in [1.807, 2.05) is 0 Å². The molecule has 1 fully saturated rings. The monoisotopic (exact) mass is 219 g/mol. The average molecular weight is 219 g/mol. The Morgan fingerprint density at radius 1 is 1.36 bits per heavy atom. The van der Waals surface area contributed by atoms with Gasteiger partial charge in [-0.2, -0.15) is 0 Å². The van der Waals surface area contributed by atoms with Crippen LogP contribution in [0.25, 0.3) is 0 Å². The molecule has 0 aromatic rings. The molecule has 0 aromatic carbocycles. The number of rotatable bonds is 4. The van der Waals surface area contributed by atoms with Crippen molar-refractivity contribution in [2.45, 2.75) is 46.1 Å². The highest BCUT2D eigenvalue weighted by Gasteiger charge is 2.28. The highest BCUT2D eigenvalue weighted by atomic mass is 32.2. The summed E-state index contributed by atoms with van der Waals surface area (Å²) in [5.74, 6) is 1.56. The van der Waals surface area contributed by atoms with Crippen LogP contribution in [0.4, 0.5) is 0 Å². The number of hydrogen-bond donors (Lipinski definition) is 1. The lowest BCUT2D eigenvalue weighted by Gasteiger charge is -2.15. The first kappa shape index (κ1) is 12.0. The summed E-state index contributed by atoms with van der Waals surface area (Å²) < 4.78 is 25.4. The van der Waals surface area contributed by atoms with Crippen molar-refractivity contribution in [2.75, 3.05) is 5.75 Å². The van der Waals surface area contributed by atoms with Crippen LogP contribution in [-0.4, -0.2) is 20.2 Å². The van der Waals surface area contributed by atoms with Gasteiger partial charge >= 0.3 is 0 Å². The smallest absolute Gasteiger partial charge is 0.211 e. The summed E-state index contributed by atoms with van der Waals surface area (Å²) >= 11 is 0. The minimum atomic E-state index is -3.00. The molecule has 1 aliphatic carbocycles. The molecule has 0 bridgehead atoms. The van der Waals surface area contributed by atoms with Crippen LogP contribution < -0.4 is 4.72 Å². The average Bonchev–Trinajstić information content (AvgIpc) is 2.52. The van der Waals surface area contributed by atoms with Crippen molar-refractivity contribution in [2.24, 2.45) is 11.8 Å². The molecule has 3 nitrogen and oxygen atoms in total. The highest BCUT2D eigenvalue weighted by Crippen LogP contribution is 2.31. The molecular weight excluding hydrogens is 198 g/mol. The molecule has 1 N–H and O–H groups in total. The van der Waals surface area contributed by atoms with E-state index >= 15 is 0 Å². The van der Waals surface area contributed by atoms with Gasteiger partial charge in [-0.15, -0.1) is 0 Å². The minimum absolute atomic E-state index is 0.187. The van der Waals surface area contributed by atoms with Crippen molar-refractivity contribution in [1.29, 1.82) is 0 Å². The Bertz CT molecular complexity index is 272. The van der Waals surface area contributed by atoms with Crippen molar-refractivity contribution in [1.82, 2.24) is 4.72 Å². The van der Waals surface area contributed by atoms with Crippen LogP contribution in [0.1, 0.15) is 40.0 Å². The second-order valence-electron chi connectivity index (χ2n) is 4.54. The van der Waals surface area contributed by atoms with Gasteiger partial charge < -0.3 is 0 Å². The molecule has 0 radical (unpaired) electrons. The first-order valence-electron chi connectivity index (χ1n) is 5.44.